The van der Waals surface area contributed by atoms with Gasteiger partial charge >= 0.3 is 0 Å². The number of benzene rings is 1. The predicted molar refractivity (Wildman–Crippen MR) is 116 cm³/mol. The Kier molecular flexibility index (Phi) is 5.98. The fraction of sp³-hybridized carbons (Fsp3) is 0.364. The van der Waals surface area contributed by atoms with Crippen LogP contribution in [-0.4, -0.2) is 32.6 Å². The first-order chi connectivity index (χ1) is 13.7. The highest BCUT2D eigenvalue weighted by molar-refractivity contribution is 7.17. The number of nitrogens with zero attached hydrogens (tertiary/aromatic N) is 4. The highest BCUT2D eigenvalue weighted by Gasteiger charge is 2.23. The first-order valence-corrected chi connectivity index (χ1v) is 10.4. The zero-order chi connectivity index (χ0) is 21.3. The summed E-state index contributed by atoms with van der Waals surface area (Å²) >= 11 is 1.27. The summed E-state index contributed by atoms with van der Waals surface area (Å²) < 4.78 is 1.32. The molecule has 0 aliphatic rings. The molecule has 0 radical (unpaired) electrons. The third-order valence-electron chi connectivity index (χ3n) is 5.13. The van der Waals surface area contributed by atoms with Crippen molar-refractivity contribution in [3.63, 3.8) is 0 Å². The zero-order valence-electron chi connectivity index (χ0n) is 17.7. The van der Waals surface area contributed by atoms with Gasteiger partial charge in [0.25, 0.3) is 11.5 Å². The van der Waals surface area contributed by atoms with Crippen LogP contribution in [0.5, 0.6) is 0 Å². The summed E-state index contributed by atoms with van der Waals surface area (Å²) in [6.07, 6.45) is 0.991. The van der Waals surface area contributed by atoms with E-state index in [9.17, 15) is 9.59 Å². The Labute approximate surface area is 174 Å². The number of hydrogen-bond acceptors (Lipinski definition) is 5. The van der Waals surface area contributed by atoms with Crippen molar-refractivity contribution in [3.8, 4) is 10.6 Å². The summed E-state index contributed by atoms with van der Waals surface area (Å²) in [5.41, 5.74) is 4.88. The molecule has 152 valence electrons. The zero-order valence-corrected chi connectivity index (χ0v) is 18.6. The molecular weight excluding hydrogens is 384 g/mol. The van der Waals surface area contributed by atoms with Gasteiger partial charge in [-0.3, -0.25) is 9.59 Å². The van der Waals surface area contributed by atoms with Crippen LogP contribution >= 0.6 is 11.3 Å². The maximum atomic E-state index is 13.0. The Morgan fingerprint density at radius 1 is 1.10 bits per heavy atom. The number of amides is 1. The van der Waals surface area contributed by atoms with Gasteiger partial charge in [-0.05, 0) is 43.9 Å². The molecular formula is C22H26N4O2S. The van der Waals surface area contributed by atoms with Crippen LogP contribution in [0.4, 0.5) is 0 Å². The number of carbonyl (C=O) groups excluding carboxylic acids is 1. The lowest BCUT2D eigenvalue weighted by Crippen LogP contribution is -2.26. The monoisotopic (exact) mass is 410 g/mol. The minimum Gasteiger partial charge on any atom is -0.337 e. The summed E-state index contributed by atoms with van der Waals surface area (Å²) in [5.74, 6) is -0.0916. The summed E-state index contributed by atoms with van der Waals surface area (Å²) in [6, 6.07) is 8.29. The van der Waals surface area contributed by atoms with Gasteiger partial charge in [-0.15, -0.1) is 11.3 Å². The first kappa shape index (κ1) is 20.9. The Balaban J connectivity index is 1.90. The average molecular weight is 411 g/mol. The second-order valence-corrected chi connectivity index (χ2v) is 8.28. The maximum absolute atomic E-state index is 13.0. The van der Waals surface area contributed by atoms with Crippen LogP contribution in [0.1, 0.15) is 44.7 Å². The number of carbonyl (C=O) groups is 1. The number of rotatable bonds is 5. The van der Waals surface area contributed by atoms with Crippen molar-refractivity contribution in [1.82, 2.24) is 19.7 Å². The molecule has 0 aliphatic carbocycles. The van der Waals surface area contributed by atoms with E-state index in [2.05, 4.69) is 41.3 Å². The molecule has 0 bridgehead atoms. The van der Waals surface area contributed by atoms with E-state index in [1.165, 1.54) is 21.6 Å². The third-order valence-corrected chi connectivity index (χ3v) is 6.29. The number of aryl methyl sites for hydroxylation is 4. The van der Waals surface area contributed by atoms with Crippen molar-refractivity contribution >= 4 is 17.2 Å². The second kappa shape index (κ2) is 8.29. The lowest BCUT2D eigenvalue weighted by atomic mass is 10.1. The molecule has 6 nitrogen and oxygen atoms in total. The van der Waals surface area contributed by atoms with Crippen LogP contribution in [0.15, 0.2) is 29.1 Å². The molecule has 0 saturated heterocycles. The fourth-order valence-electron chi connectivity index (χ4n) is 3.20. The van der Waals surface area contributed by atoms with E-state index in [1.54, 1.807) is 19.0 Å². The standard InChI is InChI=1S/C22H26N4O2S/c1-7-16-8-10-17(11-9-16)12-25(5)22(28)19-15(4)23-20(29-19)18-13(2)14(3)24-26(6)21(18)27/h8-11H,7,12H2,1-6H3. The molecule has 2 aromatic heterocycles. The molecule has 0 N–H and O–H groups in total. The van der Waals surface area contributed by atoms with Gasteiger partial charge in [0.15, 0.2) is 0 Å². The van der Waals surface area contributed by atoms with Crippen LogP contribution < -0.4 is 5.56 Å². The van der Waals surface area contributed by atoms with Crippen molar-refractivity contribution in [3.05, 3.63) is 67.6 Å². The van der Waals surface area contributed by atoms with E-state index < -0.39 is 0 Å². The highest BCUT2D eigenvalue weighted by Crippen LogP contribution is 2.29. The summed E-state index contributed by atoms with van der Waals surface area (Å²) in [7, 11) is 3.41. The molecule has 29 heavy (non-hydrogen) atoms. The van der Waals surface area contributed by atoms with E-state index in [4.69, 9.17) is 0 Å². The van der Waals surface area contributed by atoms with Crippen LogP contribution in [0.3, 0.4) is 0 Å². The molecule has 0 spiro atoms. The van der Waals surface area contributed by atoms with Crippen molar-refractivity contribution in [1.29, 1.82) is 0 Å². The minimum absolute atomic E-state index is 0.0916. The van der Waals surface area contributed by atoms with Gasteiger partial charge in [0.2, 0.25) is 0 Å². The normalized spacial score (nSPS) is 11.0. The Morgan fingerprint density at radius 2 is 1.72 bits per heavy atom. The molecule has 1 aromatic carbocycles. The lowest BCUT2D eigenvalue weighted by Gasteiger charge is -2.17. The van der Waals surface area contributed by atoms with Gasteiger partial charge in [-0.25, -0.2) is 9.67 Å². The summed E-state index contributed by atoms with van der Waals surface area (Å²) in [4.78, 5) is 32.5. The SMILES string of the molecule is CCc1ccc(CN(C)C(=O)c2sc(-c3c(C)c(C)nn(C)c3=O)nc2C)cc1. The largest absolute Gasteiger partial charge is 0.337 e. The van der Waals surface area contributed by atoms with Crippen molar-refractivity contribution in [2.24, 2.45) is 7.05 Å². The van der Waals surface area contributed by atoms with Gasteiger partial charge in [-0.2, -0.15) is 5.10 Å². The molecule has 7 heteroatoms. The molecule has 0 aliphatic heterocycles. The van der Waals surface area contributed by atoms with Crippen LogP contribution in [0, 0.1) is 20.8 Å². The van der Waals surface area contributed by atoms with E-state index in [0.29, 0.717) is 27.7 Å². The summed E-state index contributed by atoms with van der Waals surface area (Å²) in [6.45, 7) is 8.18. The van der Waals surface area contributed by atoms with Crippen molar-refractivity contribution in [2.75, 3.05) is 7.05 Å². The fourth-order valence-corrected chi connectivity index (χ4v) is 4.36. The predicted octanol–water partition coefficient (Wildman–Crippen LogP) is 3.66. The van der Waals surface area contributed by atoms with Gasteiger partial charge in [0.05, 0.1) is 17.0 Å². The van der Waals surface area contributed by atoms with Crippen molar-refractivity contribution in [2.45, 2.75) is 40.7 Å². The van der Waals surface area contributed by atoms with Gasteiger partial charge in [0.1, 0.15) is 9.88 Å². The molecule has 1 amide bonds. The third kappa shape index (κ3) is 4.15. The van der Waals surface area contributed by atoms with Crippen LogP contribution in [0.2, 0.25) is 0 Å². The number of thiazole rings is 1. The first-order valence-electron chi connectivity index (χ1n) is 9.58. The average Bonchev–Trinajstić information content (AvgIpc) is 3.07. The van der Waals surface area contributed by atoms with Gasteiger partial charge < -0.3 is 4.90 Å². The number of aromatic nitrogens is 3. The van der Waals surface area contributed by atoms with Crippen LogP contribution in [0.25, 0.3) is 10.6 Å². The van der Waals surface area contributed by atoms with E-state index in [0.717, 1.165) is 23.2 Å². The van der Waals surface area contributed by atoms with E-state index in [-0.39, 0.29) is 11.5 Å². The second-order valence-electron chi connectivity index (χ2n) is 7.28. The van der Waals surface area contributed by atoms with Gasteiger partial charge in [0, 0.05) is 20.6 Å². The Bertz CT molecular complexity index is 1110. The molecule has 0 saturated carbocycles. The number of hydrogen-bond donors (Lipinski definition) is 0. The Morgan fingerprint density at radius 3 is 2.34 bits per heavy atom. The van der Waals surface area contributed by atoms with Crippen LogP contribution in [-0.2, 0) is 20.0 Å². The molecule has 3 rings (SSSR count). The van der Waals surface area contributed by atoms with E-state index in [1.807, 2.05) is 20.8 Å². The van der Waals surface area contributed by atoms with Gasteiger partial charge in [-0.1, -0.05) is 31.2 Å². The Hall–Kier alpha value is -2.80. The maximum Gasteiger partial charge on any atom is 0.277 e. The molecule has 3 aromatic rings. The quantitative estimate of drug-likeness (QED) is 0.644. The topological polar surface area (TPSA) is 68.1 Å². The van der Waals surface area contributed by atoms with Crippen molar-refractivity contribution < 1.29 is 4.79 Å². The van der Waals surface area contributed by atoms with E-state index >= 15 is 0 Å². The summed E-state index contributed by atoms with van der Waals surface area (Å²) in [5, 5.41) is 4.78. The molecule has 0 fully saturated rings. The molecule has 0 unspecified atom stereocenters. The lowest BCUT2D eigenvalue weighted by molar-refractivity contribution is 0.0789. The highest BCUT2D eigenvalue weighted by atomic mass is 32.1. The molecule has 2 heterocycles. The molecule has 0 atom stereocenters. The minimum atomic E-state index is -0.204. The smallest absolute Gasteiger partial charge is 0.277 e.